The van der Waals surface area contributed by atoms with Crippen LogP contribution in [0.1, 0.15) is 5.82 Å². The molecule has 3 aromatic carbocycles. The molecule has 0 aliphatic carbocycles. The first kappa shape index (κ1) is 22.7. The summed E-state index contributed by atoms with van der Waals surface area (Å²) in [4.78, 5) is 23.9. The lowest BCUT2D eigenvalue weighted by molar-refractivity contribution is 0.348. The number of aryl methyl sites for hydroxylation is 1. The van der Waals surface area contributed by atoms with E-state index in [1.165, 1.54) is 11.7 Å². The number of pyridine rings is 1. The van der Waals surface area contributed by atoms with Crippen molar-refractivity contribution in [1.29, 1.82) is 0 Å². The lowest BCUT2D eigenvalue weighted by atomic mass is 10.0. The van der Waals surface area contributed by atoms with Gasteiger partial charge >= 0.3 is 0 Å². The van der Waals surface area contributed by atoms with E-state index in [0.29, 0.717) is 61.3 Å². The summed E-state index contributed by atoms with van der Waals surface area (Å²) in [6.45, 7) is 1.78. The second-order valence-electron chi connectivity index (χ2n) is 7.89. The highest BCUT2D eigenvalue weighted by molar-refractivity contribution is 6.30. The van der Waals surface area contributed by atoms with Gasteiger partial charge in [0.2, 0.25) is 0 Å². The van der Waals surface area contributed by atoms with Gasteiger partial charge in [-0.05, 0) is 25.1 Å². The SMILES string of the molecule is COc1cc(OC)c(-n2c(C)nc3c(-c4ccc(Cl)cc4)nc4ccccc4c3c2=O)cc1OC. The third kappa shape index (κ3) is 3.74. The molecule has 0 atom stereocenters. The summed E-state index contributed by atoms with van der Waals surface area (Å²) >= 11 is 6.11. The molecule has 0 radical (unpaired) electrons. The summed E-state index contributed by atoms with van der Waals surface area (Å²) in [5, 5.41) is 1.79. The average molecular weight is 488 g/mol. The second-order valence-corrected chi connectivity index (χ2v) is 8.32. The van der Waals surface area contributed by atoms with E-state index in [9.17, 15) is 4.79 Å². The number of rotatable bonds is 5. The molecule has 2 heterocycles. The van der Waals surface area contributed by atoms with Crippen LogP contribution in [-0.2, 0) is 0 Å². The molecule has 0 saturated carbocycles. The van der Waals surface area contributed by atoms with Gasteiger partial charge in [-0.3, -0.25) is 9.36 Å². The number of para-hydroxylation sites is 1. The number of methoxy groups -OCH3 is 3. The van der Waals surface area contributed by atoms with Crippen LogP contribution in [0.3, 0.4) is 0 Å². The minimum Gasteiger partial charge on any atom is -0.494 e. The van der Waals surface area contributed by atoms with Crippen LogP contribution in [0.15, 0.2) is 65.5 Å². The molecule has 7 nitrogen and oxygen atoms in total. The second kappa shape index (κ2) is 8.92. The van der Waals surface area contributed by atoms with E-state index in [1.807, 2.05) is 36.4 Å². The molecule has 2 aromatic heterocycles. The molecule has 8 heteroatoms. The highest BCUT2D eigenvalue weighted by Crippen LogP contribution is 2.37. The van der Waals surface area contributed by atoms with Gasteiger partial charge in [-0.25, -0.2) is 9.97 Å². The Bertz CT molecular complexity index is 1650. The number of hydrogen-bond donors (Lipinski definition) is 0. The van der Waals surface area contributed by atoms with E-state index in [0.717, 1.165) is 5.56 Å². The summed E-state index contributed by atoms with van der Waals surface area (Å²) < 4.78 is 18.0. The van der Waals surface area contributed by atoms with Crippen molar-refractivity contribution in [3.8, 4) is 34.2 Å². The zero-order valence-electron chi connectivity index (χ0n) is 19.6. The predicted molar refractivity (Wildman–Crippen MR) is 137 cm³/mol. The highest BCUT2D eigenvalue weighted by atomic mass is 35.5. The lowest BCUT2D eigenvalue weighted by Gasteiger charge is -2.18. The fourth-order valence-corrected chi connectivity index (χ4v) is 4.40. The van der Waals surface area contributed by atoms with Crippen molar-refractivity contribution in [2.24, 2.45) is 0 Å². The summed E-state index contributed by atoms with van der Waals surface area (Å²) in [6.07, 6.45) is 0. The minimum atomic E-state index is -0.244. The Morgan fingerprint density at radius 2 is 1.49 bits per heavy atom. The molecule has 5 aromatic rings. The van der Waals surface area contributed by atoms with Crippen LogP contribution in [0, 0.1) is 6.92 Å². The molecule has 35 heavy (non-hydrogen) atoms. The van der Waals surface area contributed by atoms with Crippen LogP contribution >= 0.6 is 11.6 Å². The lowest BCUT2D eigenvalue weighted by Crippen LogP contribution is -2.23. The number of benzene rings is 3. The van der Waals surface area contributed by atoms with Gasteiger partial charge in [-0.2, -0.15) is 0 Å². The topological polar surface area (TPSA) is 75.5 Å². The zero-order valence-corrected chi connectivity index (χ0v) is 20.4. The fraction of sp³-hybridized carbons (Fsp3) is 0.148. The summed E-state index contributed by atoms with van der Waals surface area (Å²) in [7, 11) is 4.63. The first-order chi connectivity index (χ1) is 17.0. The third-order valence-corrected chi connectivity index (χ3v) is 6.18. The van der Waals surface area contributed by atoms with Crippen molar-refractivity contribution in [2.45, 2.75) is 6.92 Å². The van der Waals surface area contributed by atoms with Crippen LogP contribution in [0.2, 0.25) is 5.02 Å². The Hall–Kier alpha value is -4.10. The van der Waals surface area contributed by atoms with Gasteiger partial charge in [0.15, 0.2) is 11.5 Å². The summed E-state index contributed by atoms with van der Waals surface area (Å²) in [6, 6.07) is 18.3. The monoisotopic (exact) mass is 487 g/mol. The maximum atomic E-state index is 14.2. The Morgan fingerprint density at radius 3 is 2.17 bits per heavy atom. The number of halogens is 1. The fourth-order valence-electron chi connectivity index (χ4n) is 4.28. The Balaban J connectivity index is 1.91. The van der Waals surface area contributed by atoms with Crippen LogP contribution < -0.4 is 19.8 Å². The van der Waals surface area contributed by atoms with Crippen molar-refractivity contribution in [3.05, 3.63) is 81.9 Å². The van der Waals surface area contributed by atoms with E-state index >= 15 is 0 Å². The van der Waals surface area contributed by atoms with E-state index in [4.69, 9.17) is 35.8 Å². The Kier molecular flexibility index (Phi) is 5.78. The van der Waals surface area contributed by atoms with E-state index in [1.54, 1.807) is 45.4 Å². The number of ether oxygens (including phenoxy) is 3. The van der Waals surface area contributed by atoms with Crippen LogP contribution in [-0.4, -0.2) is 35.9 Å². The van der Waals surface area contributed by atoms with Gasteiger partial charge in [0.05, 0.1) is 43.6 Å². The van der Waals surface area contributed by atoms with Crippen molar-refractivity contribution in [2.75, 3.05) is 21.3 Å². The van der Waals surface area contributed by atoms with Crippen LogP contribution in [0.25, 0.3) is 38.8 Å². The standard InChI is InChI=1S/C27H22ClN3O4/c1-15-29-26-24(27(32)31(15)20-13-22(34-3)23(35-4)14-21(20)33-2)18-7-5-6-8-19(18)30-25(26)16-9-11-17(28)12-10-16/h5-14H,1-4H3. The molecular formula is C27H22ClN3O4. The number of aromatic nitrogens is 3. The molecule has 176 valence electrons. The van der Waals surface area contributed by atoms with Gasteiger partial charge in [-0.1, -0.05) is 41.9 Å². The maximum absolute atomic E-state index is 14.2. The third-order valence-electron chi connectivity index (χ3n) is 5.92. The normalized spacial score (nSPS) is 11.1. The molecule has 0 aliphatic heterocycles. The largest absolute Gasteiger partial charge is 0.494 e. The molecule has 0 amide bonds. The average Bonchev–Trinajstić information content (AvgIpc) is 2.88. The summed E-state index contributed by atoms with van der Waals surface area (Å²) in [5.74, 6) is 1.88. The Morgan fingerprint density at radius 1 is 0.829 bits per heavy atom. The van der Waals surface area contributed by atoms with Gasteiger partial charge in [0.1, 0.15) is 17.1 Å². The van der Waals surface area contributed by atoms with Crippen molar-refractivity contribution in [1.82, 2.24) is 14.5 Å². The van der Waals surface area contributed by atoms with E-state index in [-0.39, 0.29) is 5.56 Å². The van der Waals surface area contributed by atoms with E-state index < -0.39 is 0 Å². The Labute approximate surface area is 206 Å². The van der Waals surface area contributed by atoms with Crippen molar-refractivity contribution < 1.29 is 14.2 Å². The van der Waals surface area contributed by atoms with Crippen LogP contribution in [0.4, 0.5) is 0 Å². The summed E-state index contributed by atoms with van der Waals surface area (Å²) in [5.41, 5.74) is 2.89. The van der Waals surface area contributed by atoms with E-state index in [2.05, 4.69) is 0 Å². The minimum absolute atomic E-state index is 0.244. The number of hydrogen-bond acceptors (Lipinski definition) is 6. The molecule has 0 spiro atoms. The van der Waals surface area contributed by atoms with Crippen molar-refractivity contribution >= 4 is 33.4 Å². The smallest absolute Gasteiger partial charge is 0.266 e. The molecule has 0 aliphatic rings. The number of fused-ring (bicyclic) bond motifs is 3. The molecule has 0 bridgehead atoms. The predicted octanol–water partition coefficient (Wildman–Crippen LogP) is 5.59. The first-order valence-electron chi connectivity index (χ1n) is 10.8. The molecular weight excluding hydrogens is 466 g/mol. The van der Waals surface area contributed by atoms with Crippen molar-refractivity contribution in [3.63, 3.8) is 0 Å². The first-order valence-corrected chi connectivity index (χ1v) is 11.2. The maximum Gasteiger partial charge on any atom is 0.266 e. The highest BCUT2D eigenvalue weighted by Gasteiger charge is 2.21. The van der Waals surface area contributed by atoms with Gasteiger partial charge in [0.25, 0.3) is 5.56 Å². The van der Waals surface area contributed by atoms with Crippen LogP contribution in [0.5, 0.6) is 17.2 Å². The van der Waals surface area contributed by atoms with Gasteiger partial charge < -0.3 is 14.2 Å². The number of nitrogens with zero attached hydrogens (tertiary/aromatic N) is 3. The molecule has 0 saturated heterocycles. The molecule has 0 N–H and O–H groups in total. The molecule has 0 unspecified atom stereocenters. The van der Waals surface area contributed by atoms with Gasteiger partial charge in [-0.15, -0.1) is 0 Å². The quantitative estimate of drug-likeness (QED) is 0.301. The van der Waals surface area contributed by atoms with Gasteiger partial charge in [0, 0.05) is 28.1 Å². The zero-order chi connectivity index (χ0) is 24.7. The molecule has 5 rings (SSSR count). The molecule has 0 fully saturated rings.